The topological polar surface area (TPSA) is 131 Å². The zero-order chi connectivity index (χ0) is 27.0. The average molecular weight is 511 g/mol. The molecule has 1 aliphatic rings. The van der Waals surface area contributed by atoms with Crippen LogP contribution in [-0.4, -0.2) is 54.7 Å². The molecule has 0 aliphatic carbocycles. The summed E-state index contributed by atoms with van der Waals surface area (Å²) in [6.45, 7) is 10.3. The fourth-order valence-electron chi connectivity index (χ4n) is 4.96. The first-order valence-electron chi connectivity index (χ1n) is 12.4. The number of aryl methyl sites for hydroxylation is 1. The van der Waals surface area contributed by atoms with Gasteiger partial charge in [0.15, 0.2) is 0 Å². The minimum Gasteiger partial charge on any atom is -0.382 e. The average Bonchev–Trinajstić information content (AvgIpc) is 3.30. The molecule has 4 heterocycles. The van der Waals surface area contributed by atoms with Crippen LogP contribution in [0.4, 0.5) is 11.6 Å². The summed E-state index contributed by atoms with van der Waals surface area (Å²) in [5.41, 5.74) is 9.85. The van der Waals surface area contributed by atoms with Gasteiger partial charge in [0.25, 0.3) is 5.91 Å². The third-order valence-corrected chi connectivity index (χ3v) is 6.86. The van der Waals surface area contributed by atoms with E-state index in [0.717, 1.165) is 11.1 Å². The van der Waals surface area contributed by atoms with E-state index in [0.29, 0.717) is 40.8 Å². The molecule has 1 unspecified atom stereocenters. The van der Waals surface area contributed by atoms with E-state index < -0.39 is 0 Å². The number of hydrogen-bond acceptors (Lipinski definition) is 7. The van der Waals surface area contributed by atoms with Crippen molar-refractivity contribution in [3.63, 3.8) is 0 Å². The van der Waals surface area contributed by atoms with E-state index in [9.17, 15) is 9.59 Å². The van der Waals surface area contributed by atoms with Gasteiger partial charge in [-0.05, 0) is 56.7 Å². The normalized spacial score (nSPS) is 19.3. The molecular weight excluding hydrogens is 480 g/mol. The lowest BCUT2D eigenvalue weighted by atomic mass is 10.00. The Labute approximate surface area is 220 Å². The quantitative estimate of drug-likeness (QED) is 0.351. The highest BCUT2D eigenvalue weighted by Gasteiger charge is 2.39. The maximum Gasteiger partial charge on any atom is 0.256 e. The largest absolute Gasteiger partial charge is 0.382 e. The van der Waals surface area contributed by atoms with Crippen LogP contribution in [0, 0.1) is 6.92 Å². The second-order valence-electron chi connectivity index (χ2n) is 9.54. The van der Waals surface area contributed by atoms with Crippen molar-refractivity contribution in [3.8, 4) is 11.3 Å². The predicted molar refractivity (Wildman–Crippen MR) is 146 cm³/mol. The molecule has 1 saturated heterocycles. The van der Waals surface area contributed by atoms with E-state index >= 15 is 0 Å². The molecule has 10 nitrogen and oxygen atoms in total. The number of rotatable bonds is 5. The van der Waals surface area contributed by atoms with Gasteiger partial charge in [0.1, 0.15) is 34.7 Å². The summed E-state index contributed by atoms with van der Waals surface area (Å²) in [7, 11) is 0. The molecule has 3 aromatic heterocycles. The summed E-state index contributed by atoms with van der Waals surface area (Å²) in [6, 6.07) is 10.3. The van der Waals surface area contributed by atoms with Gasteiger partial charge >= 0.3 is 0 Å². The van der Waals surface area contributed by atoms with Crippen LogP contribution in [0.2, 0.25) is 0 Å². The van der Waals surface area contributed by atoms with Crippen molar-refractivity contribution >= 4 is 29.0 Å². The van der Waals surface area contributed by atoms with E-state index in [4.69, 9.17) is 10.7 Å². The van der Waals surface area contributed by atoms with Crippen molar-refractivity contribution in [2.45, 2.75) is 38.9 Å². The molecule has 0 bridgehead atoms. The van der Waals surface area contributed by atoms with Gasteiger partial charge in [-0.15, -0.1) is 0 Å². The number of carbonyl (C=O) groups excluding carboxylic acids is 2. The molecule has 0 spiro atoms. The second kappa shape index (κ2) is 10.1. The Bertz CT molecular complexity index is 1530. The van der Waals surface area contributed by atoms with Crippen molar-refractivity contribution in [1.29, 1.82) is 0 Å². The Hall–Kier alpha value is -4.57. The molecule has 1 fully saturated rings. The van der Waals surface area contributed by atoms with Crippen molar-refractivity contribution in [1.82, 2.24) is 29.6 Å². The van der Waals surface area contributed by atoms with Crippen LogP contribution >= 0.6 is 0 Å². The number of fused-ring (bicyclic) bond motifs is 1. The zero-order valence-corrected chi connectivity index (χ0v) is 21.5. The fourth-order valence-corrected chi connectivity index (χ4v) is 4.96. The molecule has 4 aromatic rings. The molecule has 1 aliphatic heterocycles. The number of nitrogens with zero attached hydrogens (tertiary/aromatic N) is 5. The molecule has 10 heteroatoms. The number of carbonyl (C=O) groups is 2. The minimum atomic E-state index is -0.362. The molecule has 1 aromatic carbocycles. The number of aromatic nitrogens is 4. The highest BCUT2D eigenvalue weighted by molar-refractivity contribution is 6.04. The number of amides is 2. The lowest BCUT2D eigenvalue weighted by Crippen LogP contribution is -2.58. The molecule has 5 rings (SSSR count). The number of nitrogens with two attached hydrogens (primary N) is 1. The summed E-state index contributed by atoms with van der Waals surface area (Å²) in [5.74, 6) is 1.05. The highest BCUT2D eigenvalue weighted by Crippen LogP contribution is 2.35. The molecule has 38 heavy (non-hydrogen) atoms. The molecule has 0 saturated carbocycles. The predicted octanol–water partition coefficient (Wildman–Crippen LogP) is 3.37. The van der Waals surface area contributed by atoms with E-state index in [1.54, 1.807) is 30.7 Å². The molecule has 0 radical (unpaired) electrons. The molecule has 4 N–H and O–H groups in total. The van der Waals surface area contributed by atoms with Crippen molar-refractivity contribution in [2.75, 3.05) is 17.6 Å². The molecular formula is C28H30N8O2. The Kier molecular flexibility index (Phi) is 6.64. The first-order valence-corrected chi connectivity index (χ1v) is 12.4. The van der Waals surface area contributed by atoms with Crippen molar-refractivity contribution in [3.05, 3.63) is 84.6 Å². The van der Waals surface area contributed by atoms with Gasteiger partial charge in [0, 0.05) is 48.3 Å². The number of nitrogen functional groups attached to an aromatic ring is 1. The van der Waals surface area contributed by atoms with Gasteiger partial charge in [0.2, 0.25) is 5.91 Å². The number of imidazole rings is 1. The van der Waals surface area contributed by atoms with Crippen LogP contribution in [0.3, 0.4) is 0 Å². The summed E-state index contributed by atoms with van der Waals surface area (Å²) >= 11 is 0. The monoisotopic (exact) mass is 510 g/mol. The summed E-state index contributed by atoms with van der Waals surface area (Å²) in [6.07, 6.45) is 6.41. The van der Waals surface area contributed by atoms with Crippen LogP contribution in [0.15, 0.2) is 67.6 Å². The number of anilines is 2. The third kappa shape index (κ3) is 4.50. The Morgan fingerprint density at radius 1 is 1.16 bits per heavy atom. The number of piperazine rings is 1. The minimum absolute atomic E-state index is 0.0580. The first-order chi connectivity index (χ1) is 18.3. The molecule has 3 atom stereocenters. The van der Waals surface area contributed by atoms with E-state index in [-0.39, 0.29) is 29.9 Å². The number of benzene rings is 1. The standard InChI is InChI=1S/C28H30N8O2/c1-5-22(37)36-17(3)15-32-18(4)24(36)27-34-23(25-26(29)31-12-13-35(25)27)19-6-8-20(9-7-19)28(38)33-21-14-16(2)10-11-30-21/h5-14,17-18,24,32H,1,15H2,2-4H3,(H2,29,31)(H,30,33,38)/t17-,18-,24?/m0/s1. The van der Waals surface area contributed by atoms with Gasteiger partial charge in [-0.25, -0.2) is 15.0 Å². The summed E-state index contributed by atoms with van der Waals surface area (Å²) in [4.78, 5) is 41.0. The van der Waals surface area contributed by atoms with E-state index in [1.807, 2.05) is 54.3 Å². The van der Waals surface area contributed by atoms with Gasteiger partial charge in [-0.3, -0.25) is 14.0 Å². The summed E-state index contributed by atoms with van der Waals surface area (Å²) < 4.78 is 1.89. The first kappa shape index (κ1) is 25.1. The second-order valence-corrected chi connectivity index (χ2v) is 9.54. The van der Waals surface area contributed by atoms with E-state index in [2.05, 4.69) is 27.2 Å². The zero-order valence-electron chi connectivity index (χ0n) is 21.5. The van der Waals surface area contributed by atoms with Gasteiger partial charge < -0.3 is 21.3 Å². The van der Waals surface area contributed by atoms with Gasteiger partial charge in [-0.1, -0.05) is 18.7 Å². The van der Waals surface area contributed by atoms with Crippen LogP contribution < -0.4 is 16.4 Å². The Morgan fingerprint density at radius 2 is 1.92 bits per heavy atom. The van der Waals surface area contributed by atoms with Crippen molar-refractivity contribution in [2.24, 2.45) is 0 Å². The van der Waals surface area contributed by atoms with Gasteiger partial charge in [0.05, 0.1) is 0 Å². The van der Waals surface area contributed by atoms with Crippen LogP contribution in [0.25, 0.3) is 16.8 Å². The maximum absolute atomic E-state index is 12.9. The highest BCUT2D eigenvalue weighted by atomic mass is 16.2. The lowest BCUT2D eigenvalue weighted by molar-refractivity contribution is -0.133. The van der Waals surface area contributed by atoms with Gasteiger partial charge in [-0.2, -0.15) is 0 Å². The van der Waals surface area contributed by atoms with Crippen LogP contribution in [0.1, 0.15) is 41.6 Å². The Morgan fingerprint density at radius 3 is 2.63 bits per heavy atom. The SMILES string of the molecule is C=CC(=O)N1C(c2nc(-c3ccc(C(=O)Nc4cc(C)ccn4)cc3)c3c(N)nccn23)[C@H](C)NC[C@@H]1C. The third-order valence-electron chi connectivity index (χ3n) is 6.86. The van der Waals surface area contributed by atoms with Crippen LogP contribution in [0.5, 0.6) is 0 Å². The maximum atomic E-state index is 12.9. The molecule has 2 amide bonds. The summed E-state index contributed by atoms with van der Waals surface area (Å²) in [5, 5.41) is 6.30. The number of nitrogens with one attached hydrogen (secondary N) is 2. The smallest absolute Gasteiger partial charge is 0.256 e. The Balaban J connectivity index is 1.54. The lowest BCUT2D eigenvalue weighted by Gasteiger charge is -2.43. The van der Waals surface area contributed by atoms with Crippen LogP contribution in [-0.2, 0) is 4.79 Å². The molecule has 194 valence electrons. The number of hydrogen-bond donors (Lipinski definition) is 3. The van der Waals surface area contributed by atoms with Crippen molar-refractivity contribution < 1.29 is 9.59 Å². The number of pyridine rings is 1. The fraction of sp³-hybridized carbons (Fsp3) is 0.250. The van der Waals surface area contributed by atoms with E-state index in [1.165, 1.54) is 6.08 Å².